The molecular formula is C22H14F3N5O2. The number of hydrogen-bond acceptors (Lipinski definition) is 5. The number of hydrogen-bond donors (Lipinski definition) is 0. The van der Waals surface area contributed by atoms with Crippen molar-refractivity contribution in [3.63, 3.8) is 0 Å². The Balaban J connectivity index is 1.85. The lowest BCUT2D eigenvalue weighted by Crippen LogP contribution is -2.21. The molecule has 5 rings (SSSR count). The van der Waals surface area contributed by atoms with Crippen LogP contribution in [0.5, 0.6) is 5.88 Å². The second-order valence-corrected chi connectivity index (χ2v) is 6.94. The normalized spacial score (nSPS) is 11.9. The first-order valence-electron chi connectivity index (χ1n) is 9.45. The maximum atomic E-state index is 13.4. The number of ether oxygens (including phenoxy) is 1. The molecule has 160 valence electrons. The van der Waals surface area contributed by atoms with Crippen molar-refractivity contribution in [1.29, 1.82) is 0 Å². The molecule has 0 bridgehead atoms. The molecule has 0 saturated carbocycles. The number of alkyl halides is 3. The van der Waals surface area contributed by atoms with Crippen molar-refractivity contribution in [1.82, 2.24) is 24.3 Å². The summed E-state index contributed by atoms with van der Waals surface area (Å²) in [6.07, 6.45) is -1.56. The minimum Gasteiger partial charge on any atom is -0.481 e. The highest BCUT2D eigenvalue weighted by Crippen LogP contribution is 2.31. The quantitative estimate of drug-likeness (QED) is 0.424. The van der Waals surface area contributed by atoms with Crippen LogP contribution in [0.25, 0.3) is 33.3 Å². The molecule has 0 saturated heterocycles. The molecule has 7 nitrogen and oxygen atoms in total. The third-order valence-electron chi connectivity index (χ3n) is 5.00. The first kappa shape index (κ1) is 19.7. The predicted molar refractivity (Wildman–Crippen MR) is 111 cm³/mol. The Morgan fingerprint density at radius 3 is 2.38 bits per heavy atom. The second-order valence-electron chi connectivity index (χ2n) is 6.94. The van der Waals surface area contributed by atoms with Crippen molar-refractivity contribution in [2.45, 2.75) is 6.18 Å². The average Bonchev–Trinajstić information content (AvgIpc) is 3.25. The molecule has 1 aromatic carbocycles. The SMILES string of the molecule is COc1ccc(-n2cc3c(n2)c(=O)n(-c2ccccc2)c2nc(C(F)(F)F)ccc32)cn1. The van der Waals surface area contributed by atoms with Crippen LogP contribution >= 0.6 is 0 Å². The molecule has 10 heteroatoms. The molecule has 0 radical (unpaired) electrons. The van der Waals surface area contributed by atoms with Gasteiger partial charge in [0.05, 0.1) is 24.7 Å². The van der Waals surface area contributed by atoms with Gasteiger partial charge in [0.1, 0.15) is 11.3 Å². The highest BCUT2D eigenvalue weighted by Gasteiger charge is 2.33. The third kappa shape index (κ3) is 3.16. The summed E-state index contributed by atoms with van der Waals surface area (Å²) in [7, 11) is 1.49. The van der Waals surface area contributed by atoms with Gasteiger partial charge in [0.15, 0.2) is 5.52 Å². The molecule has 0 N–H and O–H groups in total. The zero-order valence-electron chi connectivity index (χ0n) is 16.5. The second kappa shape index (κ2) is 7.19. The molecule has 4 aromatic heterocycles. The Kier molecular flexibility index (Phi) is 4.43. The van der Waals surface area contributed by atoms with Crippen molar-refractivity contribution in [2.75, 3.05) is 7.11 Å². The largest absolute Gasteiger partial charge is 0.481 e. The van der Waals surface area contributed by atoms with Crippen molar-refractivity contribution in [3.05, 3.63) is 83.0 Å². The van der Waals surface area contributed by atoms with Gasteiger partial charge in [-0.05, 0) is 30.3 Å². The van der Waals surface area contributed by atoms with Crippen LogP contribution in [0.15, 0.2) is 71.8 Å². The van der Waals surface area contributed by atoms with Crippen LogP contribution in [0, 0.1) is 0 Å². The van der Waals surface area contributed by atoms with Crippen LogP contribution in [0.3, 0.4) is 0 Å². The zero-order valence-corrected chi connectivity index (χ0v) is 16.5. The van der Waals surface area contributed by atoms with E-state index in [1.54, 1.807) is 48.7 Å². The lowest BCUT2D eigenvalue weighted by atomic mass is 10.1. The van der Waals surface area contributed by atoms with Crippen LogP contribution in [0.1, 0.15) is 5.69 Å². The number of pyridine rings is 3. The van der Waals surface area contributed by atoms with E-state index < -0.39 is 17.4 Å². The molecule has 0 atom stereocenters. The lowest BCUT2D eigenvalue weighted by molar-refractivity contribution is -0.141. The number of halogens is 3. The number of para-hydroxylation sites is 1. The Bertz CT molecular complexity index is 1510. The number of aromatic nitrogens is 5. The van der Waals surface area contributed by atoms with E-state index in [9.17, 15) is 18.0 Å². The van der Waals surface area contributed by atoms with E-state index in [1.807, 2.05) is 0 Å². The number of methoxy groups -OCH3 is 1. The zero-order chi connectivity index (χ0) is 22.5. The van der Waals surface area contributed by atoms with Gasteiger partial charge in [-0.1, -0.05) is 18.2 Å². The standard InChI is InChI=1S/C22H14F3N5O2/c1-32-18-10-7-14(11-26-18)29-12-16-15-8-9-17(22(23,24)25)27-20(15)30(21(31)19(16)28-29)13-5-3-2-4-6-13/h2-12H,1H3. The predicted octanol–water partition coefficient (Wildman–Crippen LogP) is 4.15. The lowest BCUT2D eigenvalue weighted by Gasteiger charge is -2.12. The highest BCUT2D eigenvalue weighted by molar-refractivity contribution is 6.03. The Morgan fingerprint density at radius 2 is 1.72 bits per heavy atom. The summed E-state index contributed by atoms with van der Waals surface area (Å²) in [5.74, 6) is 0.409. The fourth-order valence-electron chi connectivity index (χ4n) is 3.50. The van der Waals surface area contributed by atoms with E-state index in [0.717, 1.165) is 10.6 Å². The van der Waals surface area contributed by atoms with Crippen LogP contribution in [-0.2, 0) is 6.18 Å². The summed E-state index contributed by atoms with van der Waals surface area (Å²) in [5.41, 5.74) is -0.724. The Labute approximate surface area is 178 Å². The minimum atomic E-state index is -4.65. The van der Waals surface area contributed by atoms with Gasteiger partial charge in [-0.2, -0.15) is 18.3 Å². The molecule has 0 amide bonds. The van der Waals surface area contributed by atoms with E-state index in [-0.39, 0.29) is 11.2 Å². The molecule has 0 aliphatic heterocycles. The van der Waals surface area contributed by atoms with E-state index in [2.05, 4.69) is 15.1 Å². The number of nitrogens with zero attached hydrogens (tertiary/aromatic N) is 5. The average molecular weight is 437 g/mol. The topological polar surface area (TPSA) is 74.8 Å². The van der Waals surface area contributed by atoms with Gasteiger partial charge in [-0.25, -0.2) is 14.6 Å². The monoisotopic (exact) mass is 437 g/mol. The summed E-state index contributed by atoms with van der Waals surface area (Å²) in [6, 6.07) is 13.9. The molecule has 4 heterocycles. The van der Waals surface area contributed by atoms with E-state index >= 15 is 0 Å². The molecule has 0 spiro atoms. The van der Waals surface area contributed by atoms with Crippen molar-refractivity contribution < 1.29 is 17.9 Å². The molecule has 0 unspecified atom stereocenters. The fourth-order valence-corrected chi connectivity index (χ4v) is 3.50. The van der Waals surface area contributed by atoms with Gasteiger partial charge < -0.3 is 4.74 Å². The maximum Gasteiger partial charge on any atom is 0.433 e. The highest BCUT2D eigenvalue weighted by atomic mass is 19.4. The summed E-state index contributed by atoms with van der Waals surface area (Å²) < 4.78 is 47.8. The fraction of sp³-hybridized carbons (Fsp3) is 0.0909. The summed E-state index contributed by atoms with van der Waals surface area (Å²) in [4.78, 5) is 21.3. The van der Waals surface area contributed by atoms with Crippen molar-refractivity contribution in [2.24, 2.45) is 0 Å². The van der Waals surface area contributed by atoms with Gasteiger partial charge in [0.25, 0.3) is 5.56 Å². The van der Waals surface area contributed by atoms with Crippen LogP contribution in [-0.4, -0.2) is 31.4 Å². The first-order chi connectivity index (χ1) is 15.4. The van der Waals surface area contributed by atoms with Crippen LogP contribution < -0.4 is 10.3 Å². The molecule has 0 aliphatic rings. The van der Waals surface area contributed by atoms with Gasteiger partial charge >= 0.3 is 6.18 Å². The van der Waals surface area contributed by atoms with Gasteiger partial charge in [-0.3, -0.25) is 9.36 Å². The Hall–Kier alpha value is -4.21. The van der Waals surface area contributed by atoms with E-state index in [0.29, 0.717) is 28.0 Å². The van der Waals surface area contributed by atoms with Gasteiger partial charge in [-0.15, -0.1) is 0 Å². The minimum absolute atomic E-state index is 0.0960. The summed E-state index contributed by atoms with van der Waals surface area (Å²) >= 11 is 0. The molecule has 5 aromatic rings. The number of rotatable bonds is 3. The molecule has 0 aliphatic carbocycles. The maximum absolute atomic E-state index is 13.4. The van der Waals surface area contributed by atoms with Gasteiger partial charge in [0, 0.05) is 23.0 Å². The molecular weight excluding hydrogens is 423 g/mol. The smallest absolute Gasteiger partial charge is 0.433 e. The Morgan fingerprint density at radius 1 is 0.938 bits per heavy atom. The number of benzene rings is 1. The molecule has 32 heavy (non-hydrogen) atoms. The summed E-state index contributed by atoms with van der Waals surface area (Å²) in [5, 5.41) is 5.15. The van der Waals surface area contributed by atoms with Gasteiger partial charge in [0.2, 0.25) is 5.88 Å². The van der Waals surface area contributed by atoms with E-state index in [4.69, 9.17) is 4.74 Å². The van der Waals surface area contributed by atoms with Crippen LogP contribution in [0.2, 0.25) is 0 Å². The van der Waals surface area contributed by atoms with E-state index in [1.165, 1.54) is 24.1 Å². The number of fused-ring (bicyclic) bond motifs is 3. The van der Waals surface area contributed by atoms with Crippen molar-refractivity contribution in [3.8, 4) is 17.3 Å². The third-order valence-corrected chi connectivity index (χ3v) is 5.00. The van der Waals surface area contributed by atoms with Crippen LogP contribution in [0.4, 0.5) is 13.2 Å². The first-order valence-corrected chi connectivity index (χ1v) is 9.45. The molecule has 0 fully saturated rings. The summed E-state index contributed by atoms with van der Waals surface area (Å²) in [6.45, 7) is 0. The van der Waals surface area contributed by atoms with Crippen molar-refractivity contribution >= 4 is 21.9 Å².